The van der Waals surface area contributed by atoms with Crippen molar-refractivity contribution < 1.29 is 5.11 Å². The summed E-state index contributed by atoms with van der Waals surface area (Å²) in [6, 6.07) is 11.2. The quantitative estimate of drug-likeness (QED) is 0.685. The fourth-order valence-electron chi connectivity index (χ4n) is 2.23. The predicted octanol–water partition coefficient (Wildman–Crippen LogP) is 2.53. The van der Waals surface area contributed by atoms with Gasteiger partial charge in [0, 0.05) is 24.2 Å². The molecule has 0 radical (unpaired) electrons. The monoisotopic (exact) mass is 239 g/mol. The van der Waals surface area contributed by atoms with Crippen LogP contribution in [-0.4, -0.2) is 14.7 Å². The van der Waals surface area contributed by atoms with Crippen molar-refractivity contribution in [1.29, 1.82) is 0 Å². The van der Waals surface area contributed by atoms with Gasteiger partial charge in [0.05, 0.1) is 11.2 Å². The van der Waals surface area contributed by atoms with Crippen LogP contribution in [0, 0.1) is 0 Å². The van der Waals surface area contributed by atoms with Crippen LogP contribution in [0.5, 0.6) is 5.75 Å². The lowest BCUT2D eigenvalue weighted by Gasteiger charge is -2.05. The van der Waals surface area contributed by atoms with E-state index in [9.17, 15) is 5.11 Å². The number of nitrogens with zero attached hydrogens (tertiary/aromatic N) is 2. The number of aryl methyl sites for hydroxylation is 1. The molecule has 0 aliphatic carbocycles. The van der Waals surface area contributed by atoms with Gasteiger partial charge in [0.15, 0.2) is 0 Å². The number of pyridine rings is 1. The minimum absolute atomic E-state index is 0.282. The third-order valence-electron chi connectivity index (χ3n) is 3.12. The summed E-state index contributed by atoms with van der Waals surface area (Å²) < 4.78 is 1.96. The lowest BCUT2D eigenvalue weighted by molar-refractivity contribution is 0.479. The lowest BCUT2D eigenvalue weighted by Crippen LogP contribution is -1.93. The molecule has 4 heteroatoms. The number of aromatic hydroxyl groups is 1. The highest BCUT2D eigenvalue weighted by molar-refractivity contribution is 5.91. The second-order valence-electron chi connectivity index (χ2n) is 4.28. The van der Waals surface area contributed by atoms with Gasteiger partial charge in [-0.3, -0.25) is 0 Å². The maximum Gasteiger partial charge on any atom is 0.139 e. The summed E-state index contributed by atoms with van der Waals surface area (Å²) in [7, 11) is 1.92. The van der Waals surface area contributed by atoms with Crippen molar-refractivity contribution >= 4 is 16.7 Å². The molecule has 0 amide bonds. The van der Waals surface area contributed by atoms with E-state index in [1.807, 2.05) is 35.9 Å². The number of nitrogen functional groups attached to an aromatic ring is 1. The molecular weight excluding hydrogens is 226 g/mol. The minimum atomic E-state index is 0.282. The molecule has 18 heavy (non-hydrogen) atoms. The zero-order valence-electron chi connectivity index (χ0n) is 9.96. The van der Waals surface area contributed by atoms with E-state index in [0.717, 1.165) is 22.2 Å². The first-order valence-electron chi connectivity index (χ1n) is 5.66. The van der Waals surface area contributed by atoms with Crippen molar-refractivity contribution in [2.24, 2.45) is 7.05 Å². The fourth-order valence-corrected chi connectivity index (χ4v) is 2.23. The van der Waals surface area contributed by atoms with Crippen molar-refractivity contribution in [3.05, 3.63) is 42.6 Å². The number of benzene rings is 1. The van der Waals surface area contributed by atoms with E-state index in [1.165, 1.54) is 0 Å². The number of hydrogen-bond acceptors (Lipinski definition) is 3. The Kier molecular flexibility index (Phi) is 2.23. The Morgan fingerprint density at radius 3 is 2.72 bits per heavy atom. The second kappa shape index (κ2) is 3.77. The third-order valence-corrected chi connectivity index (χ3v) is 3.12. The van der Waals surface area contributed by atoms with E-state index in [0.29, 0.717) is 5.82 Å². The van der Waals surface area contributed by atoms with E-state index in [4.69, 9.17) is 5.73 Å². The summed E-state index contributed by atoms with van der Waals surface area (Å²) >= 11 is 0. The molecular formula is C14H13N3O. The van der Waals surface area contributed by atoms with Crippen LogP contribution in [0.2, 0.25) is 0 Å². The number of anilines is 1. The zero-order chi connectivity index (χ0) is 12.7. The number of hydrogen-bond donors (Lipinski definition) is 2. The Labute approximate surface area is 104 Å². The van der Waals surface area contributed by atoms with E-state index in [1.54, 1.807) is 18.3 Å². The molecule has 3 N–H and O–H groups in total. The molecule has 4 nitrogen and oxygen atoms in total. The molecule has 0 saturated carbocycles. The summed E-state index contributed by atoms with van der Waals surface area (Å²) in [5.41, 5.74) is 8.38. The average molecular weight is 239 g/mol. The molecule has 0 fully saturated rings. The first-order valence-corrected chi connectivity index (χ1v) is 5.66. The Bertz CT molecular complexity index is 714. The molecule has 0 aliphatic rings. The van der Waals surface area contributed by atoms with Crippen LogP contribution in [0.3, 0.4) is 0 Å². The number of aromatic nitrogens is 2. The molecule has 3 aromatic rings. The largest absolute Gasteiger partial charge is 0.506 e. The normalized spacial score (nSPS) is 10.9. The maximum absolute atomic E-state index is 9.90. The number of phenolic OH excluding ortho intramolecular Hbond substituents is 1. The minimum Gasteiger partial charge on any atom is -0.506 e. The Morgan fingerprint density at radius 1 is 1.22 bits per heavy atom. The number of para-hydroxylation sites is 1. The fraction of sp³-hybridized carbons (Fsp3) is 0.0714. The molecule has 2 aromatic heterocycles. The number of fused-ring (bicyclic) bond motifs is 1. The van der Waals surface area contributed by atoms with Crippen LogP contribution in [-0.2, 0) is 7.05 Å². The summed E-state index contributed by atoms with van der Waals surface area (Å²) in [6.07, 6.45) is 1.74. The lowest BCUT2D eigenvalue weighted by atomic mass is 10.2. The van der Waals surface area contributed by atoms with Gasteiger partial charge in [-0.1, -0.05) is 12.1 Å². The number of phenols is 1. The van der Waals surface area contributed by atoms with Gasteiger partial charge < -0.3 is 15.4 Å². The summed E-state index contributed by atoms with van der Waals surface area (Å²) in [4.78, 5) is 4.09. The molecule has 2 heterocycles. The van der Waals surface area contributed by atoms with Crippen LogP contribution < -0.4 is 5.73 Å². The summed E-state index contributed by atoms with van der Waals surface area (Å²) in [5, 5.41) is 10.9. The van der Waals surface area contributed by atoms with Crippen molar-refractivity contribution in [2.45, 2.75) is 0 Å². The van der Waals surface area contributed by atoms with E-state index in [2.05, 4.69) is 4.98 Å². The average Bonchev–Trinajstić information content (AvgIpc) is 2.69. The highest BCUT2D eigenvalue weighted by Gasteiger charge is 2.10. The SMILES string of the molecule is Cn1c(-c2ccc(N)nc2)cc2cccc(O)c21. The van der Waals surface area contributed by atoms with Crippen LogP contribution >= 0.6 is 0 Å². The van der Waals surface area contributed by atoms with Crippen LogP contribution in [0.1, 0.15) is 0 Å². The van der Waals surface area contributed by atoms with Crippen molar-refractivity contribution in [1.82, 2.24) is 9.55 Å². The zero-order valence-corrected chi connectivity index (χ0v) is 9.96. The predicted molar refractivity (Wildman–Crippen MR) is 72.2 cm³/mol. The Balaban J connectivity index is 2.27. The van der Waals surface area contributed by atoms with Crippen molar-refractivity contribution in [3.8, 4) is 17.0 Å². The highest BCUT2D eigenvalue weighted by atomic mass is 16.3. The van der Waals surface area contributed by atoms with Crippen molar-refractivity contribution in [2.75, 3.05) is 5.73 Å². The van der Waals surface area contributed by atoms with E-state index in [-0.39, 0.29) is 5.75 Å². The van der Waals surface area contributed by atoms with Gasteiger partial charge in [-0.05, 0) is 24.3 Å². The molecule has 90 valence electrons. The van der Waals surface area contributed by atoms with Crippen LogP contribution in [0.25, 0.3) is 22.2 Å². The van der Waals surface area contributed by atoms with Gasteiger partial charge >= 0.3 is 0 Å². The smallest absolute Gasteiger partial charge is 0.139 e. The molecule has 0 aliphatic heterocycles. The first kappa shape index (κ1) is 10.7. The van der Waals surface area contributed by atoms with Gasteiger partial charge in [-0.15, -0.1) is 0 Å². The second-order valence-corrected chi connectivity index (χ2v) is 4.28. The first-order chi connectivity index (χ1) is 8.66. The molecule has 0 bridgehead atoms. The van der Waals surface area contributed by atoms with E-state index >= 15 is 0 Å². The topological polar surface area (TPSA) is 64.1 Å². The number of rotatable bonds is 1. The summed E-state index contributed by atoms with van der Waals surface area (Å²) in [5.74, 6) is 0.782. The molecule has 0 spiro atoms. The third kappa shape index (κ3) is 1.50. The molecule has 3 rings (SSSR count). The van der Waals surface area contributed by atoms with Crippen LogP contribution in [0.15, 0.2) is 42.6 Å². The van der Waals surface area contributed by atoms with Crippen LogP contribution in [0.4, 0.5) is 5.82 Å². The summed E-state index contributed by atoms with van der Waals surface area (Å²) in [6.45, 7) is 0. The van der Waals surface area contributed by atoms with E-state index < -0.39 is 0 Å². The number of nitrogens with two attached hydrogens (primary N) is 1. The van der Waals surface area contributed by atoms with Crippen molar-refractivity contribution in [3.63, 3.8) is 0 Å². The van der Waals surface area contributed by atoms with Gasteiger partial charge in [0.2, 0.25) is 0 Å². The molecule has 0 saturated heterocycles. The Morgan fingerprint density at radius 2 is 2.06 bits per heavy atom. The van der Waals surface area contributed by atoms with Gasteiger partial charge in [-0.2, -0.15) is 0 Å². The van der Waals surface area contributed by atoms with Gasteiger partial charge in [0.1, 0.15) is 11.6 Å². The maximum atomic E-state index is 9.90. The van der Waals surface area contributed by atoms with Gasteiger partial charge in [-0.25, -0.2) is 4.98 Å². The molecule has 0 atom stereocenters. The molecule has 0 unspecified atom stereocenters. The standard InChI is InChI=1S/C14H13N3O/c1-17-11(10-5-6-13(15)16-8-10)7-9-3-2-4-12(18)14(9)17/h2-8,18H,1H3,(H2,15,16). The van der Waals surface area contributed by atoms with Gasteiger partial charge in [0.25, 0.3) is 0 Å². The molecule has 1 aromatic carbocycles. The highest BCUT2D eigenvalue weighted by Crippen LogP contribution is 2.31. The Hall–Kier alpha value is -2.49.